The van der Waals surface area contributed by atoms with Crippen molar-refractivity contribution in [1.29, 1.82) is 0 Å². The Morgan fingerprint density at radius 1 is 1.25 bits per heavy atom. The van der Waals surface area contributed by atoms with Crippen molar-refractivity contribution in [3.05, 3.63) is 27.4 Å². The molecule has 0 saturated carbocycles. The molecule has 0 amide bonds. The molecule has 1 aromatic rings. The molecule has 1 aromatic heterocycles. The van der Waals surface area contributed by atoms with Gasteiger partial charge in [-0.2, -0.15) is 16.7 Å². The SMILES string of the molecule is O=c1nc(C2CCSCC2)c2c([nH]1)CNC2. The molecule has 86 valence electrons. The van der Waals surface area contributed by atoms with Crippen LogP contribution in [0.25, 0.3) is 0 Å². The second-order valence-electron chi connectivity index (χ2n) is 4.37. The normalized spacial score (nSPS) is 21.0. The summed E-state index contributed by atoms with van der Waals surface area (Å²) in [5.74, 6) is 2.89. The number of nitrogens with zero attached hydrogens (tertiary/aromatic N) is 1. The summed E-state index contributed by atoms with van der Waals surface area (Å²) in [5.41, 5.74) is 3.17. The highest BCUT2D eigenvalue weighted by molar-refractivity contribution is 7.99. The Balaban J connectivity index is 2.02. The molecule has 0 radical (unpaired) electrons. The van der Waals surface area contributed by atoms with E-state index in [9.17, 15) is 4.79 Å². The fourth-order valence-electron chi connectivity index (χ4n) is 2.53. The number of aromatic nitrogens is 2. The predicted molar refractivity (Wildman–Crippen MR) is 64.7 cm³/mol. The predicted octanol–water partition coefficient (Wildman–Crippen LogP) is 0.984. The Morgan fingerprint density at radius 2 is 2.06 bits per heavy atom. The third-order valence-corrected chi connectivity index (χ3v) is 4.41. The summed E-state index contributed by atoms with van der Waals surface area (Å²) in [6, 6.07) is 0. The van der Waals surface area contributed by atoms with E-state index in [0.717, 1.165) is 37.3 Å². The Kier molecular flexibility index (Phi) is 2.73. The van der Waals surface area contributed by atoms with Gasteiger partial charge in [-0.25, -0.2) is 4.79 Å². The maximum atomic E-state index is 11.5. The standard InChI is InChI=1S/C11H15N3OS/c15-11-13-9-6-12-5-8(9)10(14-11)7-1-3-16-4-2-7/h7,12H,1-6H2,(H,13,14,15). The van der Waals surface area contributed by atoms with E-state index >= 15 is 0 Å². The van der Waals surface area contributed by atoms with Gasteiger partial charge in [-0.15, -0.1) is 0 Å². The van der Waals surface area contributed by atoms with Crippen LogP contribution in [0.3, 0.4) is 0 Å². The van der Waals surface area contributed by atoms with Gasteiger partial charge in [-0.05, 0) is 24.3 Å². The number of fused-ring (bicyclic) bond motifs is 1. The van der Waals surface area contributed by atoms with Crippen LogP contribution in [0.1, 0.15) is 35.7 Å². The first kappa shape index (κ1) is 10.4. The Hall–Kier alpha value is -0.810. The first-order valence-corrected chi connectivity index (χ1v) is 6.90. The minimum absolute atomic E-state index is 0.185. The maximum Gasteiger partial charge on any atom is 0.345 e. The Bertz CT molecular complexity index is 451. The lowest BCUT2D eigenvalue weighted by molar-refractivity contribution is 0.605. The number of nitrogens with one attached hydrogen (secondary N) is 2. The van der Waals surface area contributed by atoms with E-state index in [4.69, 9.17) is 0 Å². The summed E-state index contributed by atoms with van der Waals surface area (Å²) in [5, 5.41) is 3.28. The van der Waals surface area contributed by atoms with Crippen LogP contribution in [0.4, 0.5) is 0 Å². The third kappa shape index (κ3) is 1.78. The molecular weight excluding hydrogens is 222 g/mol. The molecule has 1 fully saturated rings. The first-order valence-electron chi connectivity index (χ1n) is 5.75. The first-order chi connectivity index (χ1) is 7.84. The number of H-pyrrole nitrogens is 1. The molecule has 0 unspecified atom stereocenters. The van der Waals surface area contributed by atoms with Crippen LogP contribution >= 0.6 is 11.8 Å². The molecule has 16 heavy (non-hydrogen) atoms. The van der Waals surface area contributed by atoms with Crippen molar-refractivity contribution >= 4 is 11.8 Å². The van der Waals surface area contributed by atoms with Crippen molar-refractivity contribution in [3.63, 3.8) is 0 Å². The lowest BCUT2D eigenvalue weighted by atomic mass is 9.94. The Morgan fingerprint density at radius 3 is 2.88 bits per heavy atom. The van der Waals surface area contributed by atoms with E-state index in [-0.39, 0.29) is 5.69 Å². The smallest absolute Gasteiger partial charge is 0.308 e. The average molecular weight is 237 g/mol. The summed E-state index contributed by atoms with van der Waals surface area (Å²) in [6.45, 7) is 1.64. The van der Waals surface area contributed by atoms with Crippen LogP contribution in [0.15, 0.2) is 4.79 Å². The van der Waals surface area contributed by atoms with Crippen molar-refractivity contribution in [2.24, 2.45) is 0 Å². The van der Waals surface area contributed by atoms with Gasteiger partial charge in [0.25, 0.3) is 0 Å². The summed E-state index contributed by atoms with van der Waals surface area (Å²) in [6.07, 6.45) is 2.32. The highest BCUT2D eigenvalue weighted by Gasteiger charge is 2.24. The van der Waals surface area contributed by atoms with E-state index in [0.29, 0.717) is 5.92 Å². The van der Waals surface area contributed by atoms with Gasteiger partial charge in [0.1, 0.15) is 0 Å². The molecular formula is C11H15N3OS. The molecule has 1 saturated heterocycles. The molecule has 2 aliphatic rings. The molecule has 3 rings (SSSR count). The van der Waals surface area contributed by atoms with Gasteiger partial charge in [-0.3, -0.25) is 0 Å². The van der Waals surface area contributed by atoms with E-state index in [1.165, 1.54) is 17.1 Å². The monoisotopic (exact) mass is 237 g/mol. The van der Waals surface area contributed by atoms with Crippen LogP contribution < -0.4 is 11.0 Å². The Labute approximate surface area is 98.2 Å². The molecule has 0 atom stereocenters. The van der Waals surface area contributed by atoms with Crippen LogP contribution in [-0.4, -0.2) is 21.5 Å². The molecule has 0 aliphatic carbocycles. The summed E-state index contributed by atoms with van der Waals surface area (Å²) >= 11 is 2.00. The minimum Gasteiger partial charge on any atom is -0.308 e. The number of hydrogen-bond acceptors (Lipinski definition) is 4. The zero-order valence-electron chi connectivity index (χ0n) is 9.08. The molecule has 2 aliphatic heterocycles. The van der Waals surface area contributed by atoms with Crippen LogP contribution in [0.5, 0.6) is 0 Å². The van der Waals surface area contributed by atoms with E-state index in [1.807, 2.05) is 11.8 Å². The van der Waals surface area contributed by atoms with Crippen LogP contribution in [0.2, 0.25) is 0 Å². The van der Waals surface area contributed by atoms with Gasteiger partial charge in [0.05, 0.1) is 5.69 Å². The second kappa shape index (κ2) is 4.22. The molecule has 2 N–H and O–H groups in total. The zero-order valence-corrected chi connectivity index (χ0v) is 9.90. The average Bonchev–Trinajstić information content (AvgIpc) is 2.77. The molecule has 4 nitrogen and oxygen atoms in total. The quantitative estimate of drug-likeness (QED) is 0.764. The van der Waals surface area contributed by atoms with Crippen molar-refractivity contribution in [2.45, 2.75) is 31.8 Å². The zero-order chi connectivity index (χ0) is 11.0. The number of rotatable bonds is 1. The van der Waals surface area contributed by atoms with Gasteiger partial charge in [-0.1, -0.05) is 0 Å². The van der Waals surface area contributed by atoms with Crippen molar-refractivity contribution < 1.29 is 0 Å². The van der Waals surface area contributed by atoms with E-state index < -0.39 is 0 Å². The number of hydrogen-bond donors (Lipinski definition) is 2. The van der Waals surface area contributed by atoms with Gasteiger partial charge in [0.15, 0.2) is 0 Å². The summed E-state index contributed by atoms with van der Waals surface area (Å²) in [4.78, 5) is 18.5. The van der Waals surface area contributed by atoms with Crippen molar-refractivity contribution in [3.8, 4) is 0 Å². The van der Waals surface area contributed by atoms with Gasteiger partial charge >= 0.3 is 5.69 Å². The second-order valence-corrected chi connectivity index (χ2v) is 5.60. The van der Waals surface area contributed by atoms with Crippen molar-refractivity contribution in [2.75, 3.05) is 11.5 Å². The highest BCUT2D eigenvalue weighted by atomic mass is 32.2. The lowest BCUT2D eigenvalue weighted by Crippen LogP contribution is -2.21. The van der Waals surface area contributed by atoms with Gasteiger partial charge < -0.3 is 10.3 Å². The minimum atomic E-state index is -0.185. The summed E-state index contributed by atoms with van der Waals surface area (Å²) < 4.78 is 0. The van der Waals surface area contributed by atoms with Gasteiger partial charge in [0.2, 0.25) is 0 Å². The number of thioether (sulfide) groups is 1. The maximum absolute atomic E-state index is 11.5. The fourth-order valence-corrected chi connectivity index (χ4v) is 3.64. The van der Waals surface area contributed by atoms with Crippen LogP contribution in [0, 0.1) is 0 Å². The fraction of sp³-hybridized carbons (Fsp3) is 0.636. The third-order valence-electron chi connectivity index (χ3n) is 3.36. The number of aromatic amines is 1. The van der Waals surface area contributed by atoms with Gasteiger partial charge in [0, 0.05) is 30.3 Å². The largest absolute Gasteiger partial charge is 0.345 e. The topological polar surface area (TPSA) is 57.8 Å². The summed E-state index contributed by atoms with van der Waals surface area (Å²) in [7, 11) is 0. The molecule has 0 spiro atoms. The molecule has 0 aromatic carbocycles. The molecule has 3 heterocycles. The van der Waals surface area contributed by atoms with E-state index in [1.54, 1.807) is 0 Å². The molecule has 5 heteroatoms. The van der Waals surface area contributed by atoms with E-state index in [2.05, 4.69) is 15.3 Å². The highest BCUT2D eigenvalue weighted by Crippen LogP contribution is 2.33. The van der Waals surface area contributed by atoms with Crippen molar-refractivity contribution in [1.82, 2.24) is 15.3 Å². The molecule has 0 bridgehead atoms. The van der Waals surface area contributed by atoms with Crippen LogP contribution in [-0.2, 0) is 13.1 Å². The lowest BCUT2D eigenvalue weighted by Gasteiger charge is -2.22.